The summed E-state index contributed by atoms with van der Waals surface area (Å²) in [6.07, 6.45) is -0.0849. The van der Waals surface area contributed by atoms with Crippen LogP contribution in [-0.4, -0.2) is 30.5 Å². The Balaban J connectivity index is 1.56. The highest BCUT2D eigenvalue weighted by molar-refractivity contribution is 5.96. The number of hydrogen-bond donors (Lipinski definition) is 0. The third kappa shape index (κ3) is 2.73. The molecule has 1 aliphatic heterocycles. The number of rotatable bonds is 2. The first kappa shape index (κ1) is 14.0. The summed E-state index contributed by atoms with van der Waals surface area (Å²) < 4.78 is 11.5. The molecule has 1 fully saturated rings. The van der Waals surface area contributed by atoms with Crippen LogP contribution in [0.4, 0.5) is 0 Å². The molecular formula is C19H17NO3. The molecule has 2 heterocycles. The number of morpholine rings is 1. The third-order valence-electron chi connectivity index (χ3n) is 4.16. The van der Waals surface area contributed by atoms with Crippen molar-refractivity contribution in [1.82, 2.24) is 4.90 Å². The highest BCUT2D eigenvalue weighted by Gasteiger charge is 2.27. The molecule has 0 saturated carbocycles. The van der Waals surface area contributed by atoms with E-state index in [1.165, 1.54) is 0 Å². The number of benzene rings is 2. The van der Waals surface area contributed by atoms with Gasteiger partial charge in [0.15, 0.2) is 5.76 Å². The Labute approximate surface area is 134 Å². The maximum Gasteiger partial charge on any atom is 0.289 e. The number of hydrogen-bond acceptors (Lipinski definition) is 3. The van der Waals surface area contributed by atoms with E-state index < -0.39 is 0 Å². The van der Waals surface area contributed by atoms with Gasteiger partial charge < -0.3 is 14.1 Å². The molecule has 2 aromatic carbocycles. The van der Waals surface area contributed by atoms with Crippen LogP contribution in [-0.2, 0) is 4.74 Å². The largest absolute Gasteiger partial charge is 0.451 e. The van der Waals surface area contributed by atoms with Crippen molar-refractivity contribution >= 4 is 16.9 Å². The molecule has 3 aromatic rings. The second-order valence-electron chi connectivity index (χ2n) is 5.67. The number of ether oxygens (including phenoxy) is 1. The standard InChI is InChI=1S/C19H17NO3/c21-19(17-12-15-8-4-5-9-16(15)23-17)20-10-11-22-18(13-20)14-6-2-1-3-7-14/h1-9,12,18H,10-11,13H2/t18-/m0/s1. The van der Waals surface area contributed by atoms with Gasteiger partial charge in [0.05, 0.1) is 13.2 Å². The van der Waals surface area contributed by atoms with E-state index in [2.05, 4.69) is 0 Å². The molecule has 0 radical (unpaired) electrons. The Morgan fingerprint density at radius 1 is 1.04 bits per heavy atom. The van der Waals surface area contributed by atoms with Gasteiger partial charge in [-0.1, -0.05) is 48.5 Å². The topological polar surface area (TPSA) is 42.7 Å². The number of para-hydroxylation sites is 1. The Hall–Kier alpha value is -2.59. The van der Waals surface area contributed by atoms with Crippen LogP contribution in [0.15, 0.2) is 65.1 Å². The van der Waals surface area contributed by atoms with Crippen molar-refractivity contribution in [2.75, 3.05) is 19.7 Å². The van der Waals surface area contributed by atoms with Crippen molar-refractivity contribution in [2.24, 2.45) is 0 Å². The summed E-state index contributed by atoms with van der Waals surface area (Å²) in [6, 6.07) is 19.5. The Kier molecular flexibility index (Phi) is 3.60. The summed E-state index contributed by atoms with van der Waals surface area (Å²) >= 11 is 0. The first-order valence-electron chi connectivity index (χ1n) is 7.76. The lowest BCUT2D eigenvalue weighted by Crippen LogP contribution is -2.42. The highest BCUT2D eigenvalue weighted by atomic mass is 16.5. The first-order chi connectivity index (χ1) is 11.3. The minimum Gasteiger partial charge on any atom is -0.451 e. The lowest BCUT2D eigenvalue weighted by atomic mass is 10.1. The fourth-order valence-electron chi connectivity index (χ4n) is 2.95. The average molecular weight is 307 g/mol. The molecule has 4 rings (SSSR count). The Morgan fingerprint density at radius 3 is 2.65 bits per heavy atom. The predicted octanol–water partition coefficient (Wildman–Crippen LogP) is 3.65. The van der Waals surface area contributed by atoms with E-state index in [0.29, 0.717) is 25.5 Å². The van der Waals surface area contributed by atoms with Crippen molar-refractivity contribution in [3.05, 3.63) is 72.0 Å². The highest BCUT2D eigenvalue weighted by Crippen LogP contribution is 2.25. The summed E-state index contributed by atoms with van der Waals surface area (Å²) in [5.41, 5.74) is 1.83. The fraction of sp³-hybridized carbons (Fsp3) is 0.211. The van der Waals surface area contributed by atoms with Gasteiger partial charge in [0.25, 0.3) is 5.91 Å². The number of fused-ring (bicyclic) bond motifs is 1. The van der Waals surface area contributed by atoms with Gasteiger partial charge in [0, 0.05) is 11.9 Å². The summed E-state index contributed by atoms with van der Waals surface area (Å²) in [5, 5.41) is 0.948. The second-order valence-corrected chi connectivity index (χ2v) is 5.67. The molecule has 0 bridgehead atoms. The van der Waals surface area contributed by atoms with Crippen molar-refractivity contribution in [1.29, 1.82) is 0 Å². The molecule has 1 amide bonds. The van der Waals surface area contributed by atoms with E-state index >= 15 is 0 Å². The normalized spacial score (nSPS) is 18.3. The number of furan rings is 1. The monoisotopic (exact) mass is 307 g/mol. The van der Waals surface area contributed by atoms with Gasteiger partial charge >= 0.3 is 0 Å². The molecule has 0 N–H and O–H groups in total. The van der Waals surface area contributed by atoms with Crippen molar-refractivity contribution in [3.63, 3.8) is 0 Å². The Morgan fingerprint density at radius 2 is 1.83 bits per heavy atom. The SMILES string of the molecule is O=C(c1cc2ccccc2o1)N1CCO[C@H](c2ccccc2)C1. The van der Waals surface area contributed by atoms with Gasteiger partial charge in [0.1, 0.15) is 11.7 Å². The summed E-state index contributed by atoms with van der Waals surface area (Å²) in [7, 11) is 0. The number of amides is 1. The number of carbonyl (C=O) groups excluding carboxylic acids is 1. The summed E-state index contributed by atoms with van der Waals surface area (Å²) in [5.74, 6) is 0.311. The van der Waals surface area contributed by atoms with Gasteiger partial charge in [-0.15, -0.1) is 0 Å². The van der Waals surface area contributed by atoms with Gasteiger partial charge in [0.2, 0.25) is 0 Å². The lowest BCUT2D eigenvalue weighted by molar-refractivity contribution is -0.0237. The van der Waals surface area contributed by atoms with Crippen LogP contribution >= 0.6 is 0 Å². The van der Waals surface area contributed by atoms with Crippen LogP contribution in [0.2, 0.25) is 0 Å². The summed E-state index contributed by atoms with van der Waals surface area (Å²) in [4.78, 5) is 14.5. The minimum atomic E-state index is -0.0849. The number of carbonyl (C=O) groups is 1. The number of nitrogens with zero attached hydrogens (tertiary/aromatic N) is 1. The van der Waals surface area contributed by atoms with Crippen LogP contribution in [0, 0.1) is 0 Å². The van der Waals surface area contributed by atoms with E-state index in [9.17, 15) is 4.79 Å². The second kappa shape index (κ2) is 5.89. The van der Waals surface area contributed by atoms with Gasteiger partial charge in [-0.05, 0) is 17.7 Å². The zero-order valence-electron chi connectivity index (χ0n) is 12.6. The smallest absolute Gasteiger partial charge is 0.289 e. The maximum absolute atomic E-state index is 12.7. The van der Waals surface area contributed by atoms with E-state index in [4.69, 9.17) is 9.15 Å². The molecule has 1 saturated heterocycles. The summed E-state index contributed by atoms with van der Waals surface area (Å²) in [6.45, 7) is 1.66. The van der Waals surface area contributed by atoms with Crippen molar-refractivity contribution < 1.29 is 13.9 Å². The average Bonchev–Trinajstić information content (AvgIpc) is 3.06. The van der Waals surface area contributed by atoms with Gasteiger partial charge in [-0.3, -0.25) is 4.79 Å². The van der Waals surface area contributed by atoms with Crippen molar-refractivity contribution in [3.8, 4) is 0 Å². The molecule has 4 nitrogen and oxygen atoms in total. The van der Waals surface area contributed by atoms with E-state index in [1.807, 2.05) is 60.7 Å². The van der Waals surface area contributed by atoms with Crippen LogP contribution in [0.25, 0.3) is 11.0 Å². The molecule has 0 unspecified atom stereocenters. The zero-order chi connectivity index (χ0) is 15.6. The van der Waals surface area contributed by atoms with Gasteiger partial charge in [-0.2, -0.15) is 0 Å². The minimum absolute atomic E-state index is 0.0783. The predicted molar refractivity (Wildman–Crippen MR) is 87.3 cm³/mol. The van der Waals surface area contributed by atoms with Crippen LogP contribution in [0.1, 0.15) is 22.2 Å². The quantitative estimate of drug-likeness (QED) is 0.726. The molecule has 116 valence electrons. The van der Waals surface area contributed by atoms with Gasteiger partial charge in [-0.25, -0.2) is 0 Å². The molecule has 1 aliphatic rings. The van der Waals surface area contributed by atoms with Crippen molar-refractivity contribution in [2.45, 2.75) is 6.10 Å². The lowest BCUT2D eigenvalue weighted by Gasteiger charge is -2.32. The molecular weight excluding hydrogens is 290 g/mol. The molecule has 4 heteroatoms. The molecule has 0 aliphatic carbocycles. The maximum atomic E-state index is 12.7. The third-order valence-corrected chi connectivity index (χ3v) is 4.16. The van der Waals surface area contributed by atoms with Crippen LogP contribution in [0.3, 0.4) is 0 Å². The van der Waals surface area contributed by atoms with E-state index in [1.54, 1.807) is 4.90 Å². The van der Waals surface area contributed by atoms with E-state index in [0.717, 1.165) is 16.5 Å². The molecule has 1 atom stereocenters. The first-order valence-corrected chi connectivity index (χ1v) is 7.76. The molecule has 0 spiro atoms. The fourth-order valence-corrected chi connectivity index (χ4v) is 2.95. The molecule has 23 heavy (non-hydrogen) atoms. The molecule has 1 aromatic heterocycles. The van der Waals surface area contributed by atoms with Crippen LogP contribution < -0.4 is 0 Å². The van der Waals surface area contributed by atoms with E-state index in [-0.39, 0.29) is 12.0 Å². The zero-order valence-corrected chi connectivity index (χ0v) is 12.6. The Bertz CT molecular complexity index is 792. The van der Waals surface area contributed by atoms with Crippen LogP contribution in [0.5, 0.6) is 0 Å².